The number of methoxy groups -OCH3 is 1. The van der Waals surface area contributed by atoms with E-state index in [9.17, 15) is 13.2 Å². The van der Waals surface area contributed by atoms with Gasteiger partial charge in [-0.2, -0.15) is 5.26 Å². The number of hydrogen-bond acceptors (Lipinski definition) is 5. The molecule has 0 aromatic heterocycles. The van der Waals surface area contributed by atoms with Crippen molar-refractivity contribution in [2.45, 2.75) is 24.5 Å². The first kappa shape index (κ1) is 20.6. The zero-order valence-corrected chi connectivity index (χ0v) is 15.8. The summed E-state index contributed by atoms with van der Waals surface area (Å²) in [6.45, 7) is 0.841. The number of sulfonamides is 1. The fourth-order valence-electron chi connectivity index (χ4n) is 2.41. The average Bonchev–Trinajstić information content (AvgIpc) is 2.67. The Morgan fingerprint density at radius 3 is 2.41 bits per heavy atom. The van der Waals surface area contributed by atoms with Crippen LogP contribution in [-0.4, -0.2) is 28.0 Å². The van der Waals surface area contributed by atoms with E-state index in [0.29, 0.717) is 18.7 Å². The van der Waals surface area contributed by atoms with E-state index >= 15 is 0 Å². The normalized spacial score (nSPS) is 11.0. The molecule has 1 amide bonds. The maximum absolute atomic E-state index is 12.3. The molecular formula is C19H21N3O4S. The molecular weight excluding hydrogens is 366 g/mol. The van der Waals surface area contributed by atoms with E-state index in [1.165, 1.54) is 24.3 Å². The summed E-state index contributed by atoms with van der Waals surface area (Å²) in [6.07, 6.45) is 0.0876. The number of benzene rings is 2. The van der Waals surface area contributed by atoms with Crippen LogP contribution in [0.15, 0.2) is 53.4 Å². The monoisotopic (exact) mass is 387 g/mol. The molecule has 0 atom stereocenters. The van der Waals surface area contributed by atoms with Crippen LogP contribution in [0.1, 0.15) is 27.9 Å². The first-order chi connectivity index (χ1) is 13.0. The minimum atomic E-state index is -3.69. The molecule has 2 rings (SSSR count). The molecule has 0 saturated carbocycles. The second kappa shape index (κ2) is 9.83. The van der Waals surface area contributed by atoms with E-state index in [4.69, 9.17) is 10.00 Å². The largest absolute Gasteiger partial charge is 0.380 e. The SMILES string of the molecule is COCc1ccccc1CNC(=O)c1ccc(S(=O)(=O)NCCC#N)cc1. The molecule has 0 fully saturated rings. The van der Waals surface area contributed by atoms with Gasteiger partial charge in [-0.15, -0.1) is 0 Å². The van der Waals surface area contributed by atoms with Crippen molar-refractivity contribution in [2.24, 2.45) is 0 Å². The molecule has 0 unspecified atom stereocenters. The highest BCUT2D eigenvalue weighted by Crippen LogP contribution is 2.12. The average molecular weight is 387 g/mol. The first-order valence-electron chi connectivity index (χ1n) is 8.28. The van der Waals surface area contributed by atoms with Gasteiger partial charge in [-0.25, -0.2) is 13.1 Å². The number of nitrogens with one attached hydrogen (secondary N) is 2. The van der Waals surface area contributed by atoms with Crippen LogP contribution in [-0.2, 0) is 27.9 Å². The minimum absolute atomic E-state index is 0.0436. The van der Waals surface area contributed by atoms with Gasteiger partial charge in [0, 0.05) is 32.2 Å². The van der Waals surface area contributed by atoms with E-state index in [-0.39, 0.29) is 23.8 Å². The highest BCUT2D eigenvalue weighted by atomic mass is 32.2. The van der Waals surface area contributed by atoms with Crippen molar-refractivity contribution in [2.75, 3.05) is 13.7 Å². The van der Waals surface area contributed by atoms with Crippen molar-refractivity contribution in [3.8, 4) is 6.07 Å². The molecule has 0 radical (unpaired) electrons. The molecule has 2 aromatic carbocycles. The molecule has 2 aromatic rings. The fraction of sp³-hybridized carbons (Fsp3) is 0.263. The van der Waals surface area contributed by atoms with Gasteiger partial charge >= 0.3 is 0 Å². The summed E-state index contributed by atoms with van der Waals surface area (Å²) in [7, 11) is -2.08. The van der Waals surface area contributed by atoms with Crippen LogP contribution in [0.5, 0.6) is 0 Å². The minimum Gasteiger partial charge on any atom is -0.380 e. The van der Waals surface area contributed by atoms with Gasteiger partial charge in [0.1, 0.15) is 0 Å². The third-order valence-corrected chi connectivity index (χ3v) is 5.29. The summed E-state index contributed by atoms with van der Waals surface area (Å²) >= 11 is 0. The van der Waals surface area contributed by atoms with E-state index < -0.39 is 10.0 Å². The number of nitrogens with zero attached hydrogens (tertiary/aromatic N) is 1. The lowest BCUT2D eigenvalue weighted by molar-refractivity contribution is 0.0950. The molecule has 0 bridgehead atoms. The molecule has 0 heterocycles. The van der Waals surface area contributed by atoms with E-state index in [0.717, 1.165) is 11.1 Å². The maximum atomic E-state index is 12.3. The lowest BCUT2D eigenvalue weighted by Crippen LogP contribution is -2.25. The Balaban J connectivity index is 2.01. The summed E-state index contributed by atoms with van der Waals surface area (Å²) in [6, 6.07) is 15.1. The summed E-state index contributed by atoms with van der Waals surface area (Å²) in [5.74, 6) is -0.302. The van der Waals surface area contributed by atoms with Gasteiger partial charge in [0.2, 0.25) is 10.0 Å². The van der Waals surface area contributed by atoms with Crippen molar-refractivity contribution in [3.63, 3.8) is 0 Å². The Labute approximate surface area is 159 Å². The zero-order chi connectivity index (χ0) is 19.7. The number of hydrogen-bond donors (Lipinski definition) is 2. The molecule has 0 spiro atoms. The molecule has 0 aliphatic heterocycles. The third kappa shape index (κ3) is 5.89. The Hall–Kier alpha value is -2.73. The van der Waals surface area contributed by atoms with Gasteiger partial charge in [-0.3, -0.25) is 4.79 Å². The van der Waals surface area contributed by atoms with Crippen molar-refractivity contribution in [1.29, 1.82) is 5.26 Å². The molecule has 0 aliphatic carbocycles. The molecule has 2 N–H and O–H groups in total. The topological polar surface area (TPSA) is 108 Å². The molecule has 7 nitrogen and oxygen atoms in total. The van der Waals surface area contributed by atoms with Gasteiger partial charge < -0.3 is 10.1 Å². The van der Waals surface area contributed by atoms with Crippen molar-refractivity contribution in [1.82, 2.24) is 10.0 Å². The zero-order valence-electron chi connectivity index (χ0n) is 14.9. The number of rotatable bonds is 9. The second-order valence-electron chi connectivity index (χ2n) is 5.71. The summed E-state index contributed by atoms with van der Waals surface area (Å²) in [4.78, 5) is 12.4. The van der Waals surface area contributed by atoms with E-state index in [2.05, 4.69) is 10.0 Å². The maximum Gasteiger partial charge on any atom is 0.251 e. The van der Waals surface area contributed by atoms with Crippen LogP contribution in [0, 0.1) is 11.3 Å². The first-order valence-corrected chi connectivity index (χ1v) is 9.77. The predicted octanol–water partition coefficient (Wildman–Crippen LogP) is 1.95. The standard InChI is InChI=1S/C19H21N3O4S/c1-26-14-17-6-3-2-5-16(17)13-21-19(23)15-7-9-18(10-8-15)27(24,25)22-12-4-11-20/h2-3,5-10,22H,4,12-14H2,1H3,(H,21,23). The summed E-state index contributed by atoms with van der Waals surface area (Å²) in [5.41, 5.74) is 2.30. The second-order valence-corrected chi connectivity index (χ2v) is 7.48. The lowest BCUT2D eigenvalue weighted by Gasteiger charge is -2.10. The van der Waals surface area contributed by atoms with Crippen LogP contribution in [0.4, 0.5) is 0 Å². The summed E-state index contributed by atoms with van der Waals surface area (Å²) < 4.78 is 31.6. The van der Waals surface area contributed by atoms with Gasteiger partial charge in [-0.05, 0) is 35.4 Å². The van der Waals surface area contributed by atoms with Crippen molar-refractivity contribution < 1.29 is 17.9 Å². The van der Waals surface area contributed by atoms with Gasteiger partial charge in [0.25, 0.3) is 5.91 Å². The van der Waals surface area contributed by atoms with E-state index in [1.807, 2.05) is 30.3 Å². The number of ether oxygens (including phenoxy) is 1. The molecule has 8 heteroatoms. The van der Waals surface area contributed by atoms with Gasteiger partial charge in [0.05, 0.1) is 17.6 Å². The highest BCUT2D eigenvalue weighted by Gasteiger charge is 2.14. The number of carbonyl (C=O) groups excluding carboxylic acids is 1. The quantitative estimate of drug-likeness (QED) is 0.640. The highest BCUT2D eigenvalue weighted by molar-refractivity contribution is 7.89. The van der Waals surface area contributed by atoms with Crippen LogP contribution in [0.25, 0.3) is 0 Å². The molecule has 27 heavy (non-hydrogen) atoms. The fourth-order valence-corrected chi connectivity index (χ4v) is 3.45. The van der Waals surface area contributed by atoms with Gasteiger partial charge in [0.15, 0.2) is 0 Å². The number of amides is 1. The van der Waals surface area contributed by atoms with E-state index in [1.54, 1.807) is 7.11 Å². The Kier molecular flexibility index (Phi) is 7.49. The van der Waals surface area contributed by atoms with Crippen LogP contribution in [0.2, 0.25) is 0 Å². The Bertz CT molecular complexity index is 919. The Morgan fingerprint density at radius 2 is 1.78 bits per heavy atom. The summed E-state index contributed by atoms with van der Waals surface area (Å²) in [5, 5.41) is 11.3. The van der Waals surface area contributed by atoms with Crippen LogP contribution < -0.4 is 10.0 Å². The predicted molar refractivity (Wildman–Crippen MR) is 100 cm³/mol. The molecule has 0 aliphatic rings. The molecule has 0 saturated heterocycles. The number of nitriles is 1. The Morgan fingerprint density at radius 1 is 1.11 bits per heavy atom. The third-order valence-electron chi connectivity index (χ3n) is 3.81. The number of carbonyl (C=O) groups is 1. The van der Waals surface area contributed by atoms with Crippen LogP contribution in [0.3, 0.4) is 0 Å². The molecule has 142 valence electrons. The van der Waals surface area contributed by atoms with Crippen molar-refractivity contribution in [3.05, 3.63) is 65.2 Å². The van der Waals surface area contributed by atoms with Crippen molar-refractivity contribution >= 4 is 15.9 Å². The van der Waals surface area contributed by atoms with Gasteiger partial charge in [-0.1, -0.05) is 24.3 Å². The van der Waals surface area contributed by atoms with Crippen LogP contribution >= 0.6 is 0 Å². The lowest BCUT2D eigenvalue weighted by atomic mass is 10.1. The smallest absolute Gasteiger partial charge is 0.251 e.